The lowest BCUT2D eigenvalue weighted by Crippen LogP contribution is -2.12. The third-order valence-electron chi connectivity index (χ3n) is 2.48. The smallest absolute Gasteiger partial charge is 0.106 e. The van der Waals surface area contributed by atoms with E-state index in [4.69, 9.17) is 11.6 Å². The summed E-state index contributed by atoms with van der Waals surface area (Å²) in [5, 5.41) is 3.83. The van der Waals surface area contributed by atoms with Crippen molar-refractivity contribution in [2.24, 2.45) is 0 Å². The Morgan fingerprint density at radius 3 is 3.08 bits per heavy atom. The van der Waals surface area contributed by atoms with E-state index < -0.39 is 6.17 Å². The Hall–Kier alpha value is -0.760. The van der Waals surface area contributed by atoms with Gasteiger partial charge < -0.3 is 5.32 Å². The molecule has 0 radical (unpaired) electrons. The quantitative estimate of drug-likeness (QED) is 0.733. The molecule has 0 bridgehead atoms. The molecule has 1 aromatic carbocycles. The van der Waals surface area contributed by atoms with Crippen molar-refractivity contribution in [2.45, 2.75) is 19.0 Å². The highest BCUT2D eigenvalue weighted by atomic mass is 35.5. The number of anilines is 1. The number of rotatable bonds is 1. The fourth-order valence-corrected chi connectivity index (χ4v) is 1.92. The van der Waals surface area contributed by atoms with E-state index in [1.807, 2.05) is 18.2 Å². The SMILES string of the molecule is CC(F)C1CNc2ccc(Cl)cc21. The van der Waals surface area contributed by atoms with Crippen molar-refractivity contribution in [2.75, 3.05) is 11.9 Å². The van der Waals surface area contributed by atoms with Crippen LogP contribution in [-0.2, 0) is 0 Å². The minimum Gasteiger partial charge on any atom is -0.384 e. The van der Waals surface area contributed by atoms with Crippen LogP contribution in [0.1, 0.15) is 18.4 Å². The average molecular weight is 200 g/mol. The van der Waals surface area contributed by atoms with Crippen LogP contribution >= 0.6 is 11.6 Å². The van der Waals surface area contributed by atoms with Gasteiger partial charge in [0.2, 0.25) is 0 Å². The van der Waals surface area contributed by atoms with Crippen molar-refractivity contribution in [3.8, 4) is 0 Å². The van der Waals surface area contributed by atoms with Gasteiger partial charge in [-0.2, -0.15) is 0 Å². The van der Waals surface area contributed by atoms with Crippen molar-refractivity contribution < 1.29 is 4.39 Å². The van der Waals surface area contributed by atoms with Gasteiger partial charge in [0.25, 0.3) is 0 Å². The molecule has 13 heavy (non-hydrogen) atoms. The molecule has 1 aliphatic heterocycles. The van der Waals surface area contributed by atoms with E-state index in [2.05, 4.69) is 5.32 Å². The fourth-order valence-electron chi connectivity index (χ4n) is 1.74. The topological polar surface area (TPSA) is 12.0 Å². The molecule has 0 fully saturated rings. The highest BCUT2D eigenvalue weighted by molar-refractivity contribution is 6.30. The second-order valence-corrected chi connectivity index (χ2v) is 3.83. The predicted octanol–water partition coefficient (Wildman–Crippen LogP) is 3.21. The summed E-state index contributed by atoms with van der Waals surface area (Å²) in [6.45, 7) is 2.26. The first-order valence-electron chi connectivity index (χ1n) is 4.36. The van der Waals surface area contributed by atoms with Crippen LogP contribution < -0.4 is 5.32 Å². The molecule has 0 amide bonds. The maximum Gasteiger partial charge on any atom is 0.106 e. The molecule has 70 valence electrons. The maximum atomic E-state index is 13.1. The molecule has 1 aromatic rings. The number of alkyl halides is 1. The first kappa shape index (κ1) is 8.82. The lowest BCUT2D eigenvalue weighted by Gasteiger charge is -2.10. The first-order chi connectivity index (χ1) is 6.18. The number of hydrogen-bond donors (Lipinski definition) is 1. The van der Waals surface area contributed by atoms with E-state index in [0.717, 1.165) is 11.3 Å². The summed E-state index contributed by atoms with van der Waals surface area (Å²) in [5.41, 5.74) is 2.02. The summed E-state index contributed by atoms with van der Waals surface area (Å²) >= 11 is 5.84. The van der Waals surface area contributed by atoms with Crippen LogP contribution in [0.2, 0.25) is 5.02 Å². The molecule has 0 aliphatic carbocycles. The van der Waals surface area contributed by atoms with Crippen molar-refractivity contribution >= 4 is 17.3 Å². The van der Waals surface area contributed by atoms with Gasteiger partial charge in [-0.3, -0.25) is 0 Å². The summed E-state index contributed by atoms with van der Waals surface area (Å²) in [5.74, 6) is -0.0475. The maximum absolute atomic E-state index is 13.1. The normalized spacial score (nSPS) is 22.2. The molecule has 0 spiro atoms. The molecular weight excluding hydrogens is 189 g/mol. The molecule has 1 N–H and O–H groups in total. The molecule has 2 unspecified atom stereocenters. The molecule has 2 rings (SSSR count). The minimum absolute atomic E-state index is 0.0475. The first-order valence-corrected chi connectivity index (χ1v) is 4.73. The number of nitrogens with one attached hydrogen (secondary N) is 1. The summed E-state index contributed by atoms with van der Waals surface area (Å²) < 4.78 is 13.1. The Kier molecular flexibility index (Phi) is 2.16. The van der Waals surface area contributed by atoms with E-state index in [-0.39, 0.29) is 5.92 Å². The van der Waals surface area contributed by atoms with Crippen LogP contribution in [0.4, 0.5) is 10.1 Å². The lowest BCUT2D eigenvalue weighted by molar-refractivity contribution is 0.317. The van der Waals surface area contributed by atoms with Gasteiger partial charge >= 0.3 is 0 Å². The third kappa shape index (κ3) is 1.51. The van der Waals surface area contributed by atoms with Gasteiger partial charge in [-0.15, -0.1) is 0 Å². The van der Waals surface area contributed by atoms with Crippen molar-refractivity contribution in [1.29, 1.82) is 0 Å². The third-order valence-corrected chi connectivity index (χ3v) is 2.72. The number of hydrogen-bond acceptors (Lipinski definition) is 1. The van der Waals surface area contributed by atoms with Gasteiger partial charge in [0.05, 0.1) is 0 Å². The molecule has 2 atom stereocenters. The zero-order valence-corrected chi connectivity index (χ0v) is 8.11. The summed E-state index contributed by atoms with van der Waals surface area (Å²) in [6, 6.07) is 5.57. The molecule has 0 saturated heterocycles. The zero-order valence-electron chi connectivity index (χ0n) is 7.35. The van der Waals surface area contributed by atoms with E-state index in [9.17, 15) is 4.39 Å². The lowest BCUT2D eigenvalue weighted by atomic mass is 9.97. The molecular formula is C10H11ClFN. The van der Waals surface area contributed by atoms with E-state index in [0.29, 0.717) is 11.6 Å². The second-order valence-electron chi connectivity index (χ2n) is 3.40. The van der Waals surface area contributed by atoms with Gasteiger partial charge in [-0.05, 0) is 30.7 Å². The highest BCUT2D eigenvalue weighted by Crippen LogP contribution is 2.36. The van der Waals surface area contributed by atoms with Gasteiger partial charge in [-0.25, -0.2) is 4.39 Å². The summed E-state index contributed by atoms with van der Waals surface area (Å²) in [7, 11) is 0. The monoisotopic (exact) mass is 199 g/mol. The second kappa shape index (κ2) is 3.18. The van der Waals surface area contributed by atoms with E-state index in [1.165, 1.54) is 0 Å². The molecule has 1 aliphatic rings. The Balaban J connectivity index is 2.40. The van der Waals surface area contributed by atoms with Crippen LogP contribution in [0, 0.1) is 0 Å². The molecule has 0 saturated carbocycles. The molecule has 1 heterocycles. The summed E-state index contributed by atoms with van der Waals surface area (Å²) in [6.07, 6.45) is -0.827. The van der Waals surface area contributed by atoms with Crippen molar-refractivity contribution in [3.63, 3.8) is 0 Å². The number of fused-ring (bicyclic) bond motifs is 1. The van der Waals surface area contributed by atoms with E-state index >= 15 is 0 Å². The Bertz CT molecular complexity index is 325. The molecule has 3 heteroatoms. The Morgan fingerprint density at radius 1 is 1.62 bits per heavy atom. The Labute approximate surface area is 81.9 Å². The summed E-state index contributed by atoms with van der Waals surface area (Å²) in [4.78, 5) is 0. The zero-order chi connectivity index (χ0) is 9.42. The van der Waals surface area contributed by atoms with Gasteiger partial charge in [-0.1, -0.05) is 11.6 Å². The fraction of sp³-hybridized carbons (Fsp3) is 0.400. The van der Waals surface area contributed by atoms with Crippen LogP contribution in [0.15, 0.2) is 18.2 Å². The highest BCUT2D eigenvalue weighted by Gasteiger charge is 2.26. The number of benzene rings is 1. The largest absolute Gasteiger partial charge is 0.384 e. The van der Waals surface area contributed by atoms with Gasteiger partial charge in [0.1, 0.15) is 6.17 Å². The van der Waals surface area contributed by atoms with Crippen LogP contribution in [0.25, 0.3) is 0 Å². The van der Waals surface area contributed by atoms with Crippen molar-refractivity contribution in [1.82, 2.24) is 0 Å². The van der Waals surface area contributed by atoms with Gasteiger partial charge in [0.15, 0.2) is 0 Å². The van der Waals surface area contributed by atoms with Crippen molar-refractivity contribution in [3.05, 3.63) is 28.8 Å². The molecule has 0 aromatic heterocycles. The van der Waals surface area contributed by atoms with Gasteiger partial charge in [0, 0.05) is 23.2 Å². The Morgan fingerprint density at radius 2 is 2.38 bits per heavy atom. The van der Waals surface area contributed by atoms with Crippen LogP contribution in [0.3, 0.4) is 0 Å². The standard InChI is InChI=1S/C10H11ClFN/c1-6(12)9-5-13-10-3-2-7(11)4-8(9)10/h2-4,6,9,13H,5H2,1H3. The minimum atomic E-state index is -0.827. The molecule has 1 nitrogen and oxygen atoms in total. The number of halogens is 2. The van der Waals surface area contributed by atoms with Crippen LogP contribution in [0.5, 0.6) is 0 Å². The van der Waals surface area contributed by atoms with E-state index in [1.54, 1.807) is 6.92 Å². The van der Waals surface area contributed by atoms with Crippen LogP contribution in [-0.4, -0.2) is 12.7 Å². The average Bonchev–Trinajstić information content (AvgIpc) is 2.46. The predicted molar refractivity (Wildman–Crippen MR) is 53.3 cm³/mol.